The number of nitrogen functional groups attached to an aromatic ring is 1. The molecular weight excluding hydrogens is 242 g/mol. The topological polar surface area (TPSA) is 78.8 Å². The van der Waals surface area contributed by atoms with Gasteiger partial charge in [0.15, 0.2) is 0 Å². The summed E-state index contributed by atoms with van der Waals surface area (Å²) in [5.74, 6) is 0.925. The van der Waals surface area contributed by atoms with Crippen LogP contribution in [-0.2, 0) is 6.61 Å². The van der Waals surface area contributed by atoms with E-state index in [2.05, 4.69) is 28.2 Å². The van der Waals surface area contributed by atoms with Gasteiger partial charge in [-0.2, -0.15) is 5.10 Å². The fourth-order valence-corrected chi connectivity index (χ4v) is 1.50. The van der Waals surface area contributed by atoms with Crippen molar-refractivity contribution in [1.82, 2.24) is 19.7 Å². The molecule has 19 heavy (non-hydrogen) atoms. The van der Waals surface area contributed by atoms with E-state index in [0.717, 1.165) is 18.5 Å². The van der Waals surface area contributed by atoms with Gasteiger partial charge in [0, 0.05) is 18.5 Å². The van der Waals surface area contributed by atoms with Crippen molar-refractivity contribution in [1.29, 1.82) is 0 Å². The monoisotopic (exact) mass is 259 g/mol. The molecule has 2 heterocycles. The van der Waals surface area contributed by atoms with Gasteiger partial charge in [0.2, 0.25) is 0 Å². The molecule has 0 aliphatic carbocycles. The minimum absolute atomic E-state index is 0.338. The van der Waals surface area contributed by atoms with E-state index in [1.165, 1.54) is 6.20 Å². The molecule has 0 amide bonds. The Morgan fingerprint density at radius 1 is 1.47 bits per heavy atom. The molecule has 2 rings (SSSR count). The van der Waals surface area contributed by atoms with E-state index in [1.807, 2.05) is 17.0 Å². The average Bonchev–Trinajstić information content (AvgIpc) is 2.85. The normalized spacial score (nSPS) is 11.0. The van der Waals surface area contributed by atoms with Gasteiger partial charge in [-0.3, -0.25) is 0 Å². The first kappa shape index (κ1) is 13.1. The maximum absolute atomic E-state index is 5.53. The summed E-state index contributed by atoms with van der Waals surface area (Å²) in [7, 11) is 0. The molecular formula is C13H17N5O. The SMILES string of the molecule is CCC/C=C/n1cnc(COc2cnnc(N)c2)c1. The third kappa shape index (κ3) is 4.09. The molecule has 0 aliphatic rings. The van der Waals surface area contributed by atoms with Gasteiger partial charge in [-0.15, -0.1) is 5.10 Å². The van der Waals surface area contributed by atoms with E-state index in [4.69, 9.17) is 10.5 Å². The highest BCUT2D eigenvalue weighted by Crippen LogP contribution is 2.12. The van der Waals surface area contributed by atoms with Crippen LogP contribution in [-0.4, -0.2) is 19.7 Å². The Balaban J connectivity index is 1.90. The van der Waals surface area contributed by atoms with Crippen LogP contribution >= 0.6 is 0 Å². The molecule has 0 atom stereocenters. The molecule has 2 N–H and O–H groups in total. The Kier molecular flexibility index (Phi) is 4.49. The van der Waals surface area contributed by atoms with Crippen molar-refractivity contribution >= 4 is 12.0 Å². The van der Waals surface area contributed by atoms with Crippen LogP contribution in [0.3, 0.4) is 0 Å². The van der Waals surface area contributed by atoms with Crippen molar-refractivity contribution in [2.75, 3.05) is 5.73 Å². The fourth-order valence-electron chi connectivity index (χ4n) is 1.50. The van der Waals surface area contributed by atoms with Crippen molar-refractivity contribution in [2.45, 2.75) is 26.4 Å². The van der Waals surface area contributed by atoms with E-state index >= 15 is 0 Å². The Hall–Kier alpha value is -2.37. The lowest BCUT2D eigenvalue weighted by Crippen LogP contribution is -1.98. The van der Waals surface area contributed by atoms with Gasteiger partial charge in [-0.1, -0.05) is 19.4 Å². The van der Waals surface area contributed by atoms with Crippen LogP contribution in [0.15, 0.2) is 30.9 Å². The fraction of sp³-hybridized carbons (Fsp3) is 0.308. The highest BCUT2D eigenvalue weighted by Gasteiger charge is 2.00. The summed E-state index contributed by atoms with van der Waals surface area (Å²) in [4.78, 5) is 4.25. The van der Waals surface area contributed by atoms with E-state index in [1.54, 1.807) is 12.4 Å². The minimum Gasteiger partial charge on any atom is -0.485 e. The Labute approximate surface area is 111 Å². The second kappa shape index (κ2) is 6.53. The summed E-state index contributed by atoms with van der Waals surface area (Å²) in [6, 6.07) is 1.63. The van der Waals surface area contributed by atoms with Gasteiger partial charge < -0.3 is 15.0 Å². The largest absolute Gasteiger partial charge is 0.485 e. The van der Waals surface area contributed by atoms with Crippen LogP contribution in [0.5, 0.6) is 5.75 Å². The van der Waals surface area contributed by atoms with E-state index in [-0.39, 0.29) is 0 Å². The minimum atomic E-state index is 0.338. The zero-order valence-corrected chi connectivity index (χ0v) is 10.9. The second-order valence-electron chi connectivity index (χ2n) is 4.09. The summed E-state index contributed by atoms with van der Waals surface area (Å²) in [6.07, 6.45) is 11.5. The molecule has 6 heteroatoms. The van der Waals surface area contributed by atoms with E-state index in [0.29, 0.717) is 18.2 Å². The lowest BCUT2D eigenvalue weighted by atomic mass is 10.3. The number of nitrogens with two attached hydrogens (primary N) is 1. The molecule has 2 aromatic heterocycles. The average molecular weight is 259 g/mol. The van der Waals surface area contributed by atoms with Crippen molar-refractivity contribution in [3.8, 4) is 5.75 Å². The standard InChI is InChI=1S/C13H17N5O/c1-2-3-4-5-18-8-11(15-10-18)9-19-12-6-13(14)17-16-7-12/h4-8,10H,2-3,9H2,1H3,(H2,14,17)/b5-4+. The van der Waals surface area contributed by atoms with Crippen molar-refractivity contribution < 1.29 is 4.74 Å². The maximum atomic E-state index is 5.53. The van der Waals surface area contributed by atoms with Gasteiger partial charge in [0.05, 0.1) is 18.2 Å². The quantitative estimate of drug-likeness (QED) is 0.859. The summed E-state index contributed by atoms with van der Waals surface area (Å²) < 4.78 is 7.44. The van der Waals surface area contributed by atoms with Crippen LogP contribution in [0.25, 0.3) is 6.20 Å². The number of allylic oxidation sites excluding steroid dienone is 1. The molecule has 0 fully saturated rings. The van der Waals surface area contributed by atoms with Crippen LogP contribution < -0.4 is 10.5 Å². The number of hydrogen-bond acceptors (Lipinski definition) is 5. The molecule has 0 unspecified atom stereocenters. The van der Waals surface area contributed by atoms with E-state index < -0.39 is 0 Å². The van der Waals surface area contributed by atoms with Gasteiger partial charge in [-0.05, 0) is 6.42 Å². The lowest BCUT2D eigenvalue weighted by Gasteiger charge is -2.02. The Morgan fingerprint density at radius 2 is 2.37 bits per heavy atom. The molecule has 0 bridgehead atoms. The van der Waals surface area contributed by atoms with E-state index in [9.17, 15) is 0 Å². The number of hydrogen-bond donors (Lipinski definition) is 1. The predicted octanol–water partition coefficient (Wildman–Crippen LogP) is 2.11. The Bertz CT molecular complexity index is 549. The molecule has 100 valence electrons. The highest BCUT2D eigenvalue weighted by atomic mass is 16.5. The lowest BCUT2D eigenvalue weighted by molar-refractivity contribution is 0.300. The number of unbranched alkanes of at least 4 members (excludes halogenated alkanes) is 1. The summed E-state index contributed by atoms with van der Waals surface area (Å²) in [6.45, 7) is 2.52. The third-order valence-corrected chi connectivity index (χ3v) is 2.42. The van der Waals surface area contributed by atoms with Gasteiger partial charge in [0.1, 0.15) is 18.2 Å². The molecule has 0 radical (unpaired) electrons. The molecule has 6 nitrogen and oxygen atoms in total. The number of nitrogens with zero attached hydrogens (tertiary/aromatic N) is 4. The van der Waals surface area contributed by atoms with Gasteiger partial charge in [0.25, 0.3) is 0 Å². The van der Waals surface area contributed by atoms with Crippen LogP contribution in [0.2, 0.25) is 0 Å². The van der Waals surface area contributed by atoms with Crippen LogP contribution in [0.4, 0.5) is 5.82 Å². The van der Waals surface area contributed by atoms with Crippen LogP contribution in [0.1, 0.15) is 25.5 Å². The first-order valence-electron chi connectivity index (χ1n) is 6.18. The summed E-state index contributed by atoms with van der Waals surface area (Å²) >= 11 is 0. The molecule has 0 saturated carbocycles. The van der Waals surface area contributed by atoms with Crippen molar-refractivity contribution in [3.63, 3.8) is 0 Å². The molecule has 0 aromatic carbocycles. The third-order valence-electron chi connectivity index (χ3n) is 2.42. The van der Waals surface area contributed by atoms with Gasteiger partial charge >= 0.3 is 0 Å². The number of rotatable bonds is 6. The predicted molar refractivity (Wildman–Crippen MR) is 73.2 cm³/mol. The molecule has 0 aliphatic heterocycles. The number of aromatic nitrogens is 4. The Morgan fingerprint density at radius 3 is 3.16 bits per heavy atom. The zero-order chi connectivity index (χ0) is 13.5. The maximum Gasteiger partial charge on any atom is 0.149 e. The summed E-state index contributed by atoms with van der Waals surface area (Å²) in [5, 5.41) is 7.37. The molecule has 0 spiro atoms. The number of ether oxygens (including phenoxy) is 1. The molecule has 0 saturated heterocycles. The first-order valence-corrected chi connectivity index (χ1v) is 6.18. The molecule has 2 aromatic rings. The smallest absolute Gasteiger partial charge is 0.149 e. The summed E-state index contributed by atoms with van der Waals surface area (Å²) in [5.41, 5.74) is 6.36. The zero-order valence-electron chi connectivity index (χ0n) is 10.9. The van der Waals surface area contributed by atoms with Gasteiger partial charge in [-0.25, -0.2) is 4.98 Å². The highest BCUT2D eigenvalue weighted by molar-refractivity contribution is 5.33. The van der Waals surface area contributed by atoms with Crippen molar-refractivity contribution in [2.24, 2.45) is 0 Å². The number of anilines is 1. The second-order valence-corrected chi connectivity index (χ2v) is 4.09. The van der Waals surface area contributed by atoms with Crippen molar-refractivity contribution in [3.05, 3.63) is 36.6 Å². The van der Waals surface area contributed by atoms with Crippen LogP contribution in [0, 0.1) is 0 Å². The first-order chi connectivity index (χ1) is 9.28. The number of imidazole rings is 1.